The molecule has 1 aliphatic carbocycles. The number of carbonyl (C=O) groups excluding carboxylic acids is 1. The van der Waals surface area contributed by atoms with Crippen LogP contribution in [-0.4, -0.2) is 63.1 Å². The van der Waals surface area contributed by atoms with Gasteiger partial charge in [0.15, 0.2) is 0 Å². The van der Waals surface area contributed by atoms with Gasteiger partial charge in [0.05, 0.1) is 17.1 Å². The predicted molar refractivity (Wildman–Crippen MR) is 116 cm³/mol. The van der Waals surface area contributed by atoms with Crippen molar-refractivity contribution in [3.63, 3.8) is 0 Å². The summed E-state index contributed by atoms with van der Waals surface area (Å²) in [4.78, 5) is 22.1. The molecule has 0 radical (unpaired) electrons. The number of hydrogen-bond donors (Lipinski definition) is 1. The van der Waals surface area contributed by atoms with E-state index in [1.165, 1.54) is 12.8 Å². The molecule has 2 fully saturated rings. The zero-order valence-corrected chi connectivity index (χ0v) is 17.2. The zero-order valence-electron chi connectivity index (χ0n) is 17.2. The van der Waals surface area contributed by atoms with Crippen LogP contribution in [0.1, 0.15) is 36.3 Å². The lowest BCUT2D eigenvalue weighted by Gasteiger charge is -2.35. The Morgan fingerprint density at radius 3 is 2.43 bits per heavy atom. The molecule has 1 unspecified atom stereocenters. The lowest BCUT2D eigenvalue weighted by molar-refractivity contribution is -0.133. The number of para-hydroxylation sites is 2. The maximum atomic E-state index is 13.1. The van der Waals surface area contributed by atoms with Crippen LogP contribution in [0.25, 0.3) is 11.0 Å². The van der Waals surface area contributed by atoms with E-state index in [4.69, 9.17) is 4.98 Å². The first-order chi connectivity index (χ1) is 14.7. The van der Waals surface area contributed by atoms with Gasteiger partial charge in [0.1, 0.15) is 12.4 Å². The molecule has 0 bridgehead atoms. The van der Waals surface area contributed by atoms with Crippen LogP contribution in [0.2, 0.25) is 0 Å². The smallest absolute Gasteiger partial charge is 0.242 e. The number of aliphatic hydroxyl groups is 1. The third-order valence-corrected chi connectivity index (χ3v) is 6.26. The van der Waals surface area contributed by atoms with E-state index < -0.39 is 6.10 Å². The van der Waals surface area contributed by atoms with E-state index in [9.17, 15) is 9.90 Å². The van der Waals surface area contributed by atoms with Gasteiger partial charge in [-0.25, -0.2) is 4.98 Å². The summed E-state index contributed by atoms with van der Waals surface area (Å²) in [5, 5.41) is 10.5. The molecule has 1 saturated heterocycles. The van der Waals surface area contributed by atoms with Crippen LogP contribution in [-0.2, 0) is 11.3 Å². The number of benzene rings is 2. The fourth-order valence-electron chi connectivity index (χ4n) is 4.35. The van der Waals surface area contributed by atoms with Gasteiger partial charge < -0.3 is 14.6 Å². The van der Waals surface area contributed by atoms with Crippen molar-refractivity contribution in [3.8, 4) is 0 Å². The highest BCUT2D eigenvalue weighted by Crippen LogP contribution is 2.40. The number of piperazine rings is 1. The molecule has 6 heteroatoms. The summed E-state index contributed by atoms with van der Waals surface area (Å²) in [6, 6.07) is 17.9. The monoisotopic (exact) mass is 404 g/mol. The number of fused-ring (bicyclic) bond motifs is 1. The number of imidazole rings is 1. The summed E-state index contributed by atoms with van der Waals surface area (Å²) < 4.78 is 2.13. The first-order valence-electron chi connectivity index (χ1n) is 10.9. The average molecular weight is 405 g/mol. The van der Waals surface area contributed by atoms with Gasteiger partial charge >= 0.3 is 0 Å². The van der Waals surface area contributed by atoms with Crippen LogP contribution >= 0.6 is 0 Å². The lowest BCUT2D eigenvalue weighted by Crippen LogP contribution is -2.50. The standard InChI is InChI=1S/C24H28N4O2/c29-22(18-6-2-1-3-7-18)16-26-12-14-27(15-13-26)23(30)17-28-21-9-5-4-8-20(21)25-24(28)19-10-11-19/h1-9,19,22,29H,10-17H2. The number of amides is 1. The molecule has 5 rings (SSSR count). The molecular weight excluding hydrogens is 376 g/mol. The molecule has 3 aromatic rings. The number of aliphatic hydroxyl groups excluding tert-OH is 1. The highest BCUT2D eigenvalue weighted by molar-refractivity contribution is 5.81. The van der Waals surface area contributed by atoms with Gasteiger partial charge in [-0.3, -0.25) is 9.69 Å². The number of carbonyl (C=O) groups is 1. The van der Waals surface area contributed by atoms with Gasteiger partial charge in [-0.2, -0.15) is 0 Å². The third-order valence-electron chi connectivity index (χ3n) is 6.26. The molecule has 1 atom stereocenters. The highest BCUT2D eigenvalue weighted by atomic mass is 16.3. The van der Waals surface area contributed by atoms with E-state index >= 15 is 0 Å². The second-order valence-corrected chi connectivity index (χ2v) is 8.43. The summed E-state index contributed by atoms with van der Waals surface area (Å²) in [6.07, 6.45) is 1.84. The van der Waals surface area contributed by atoms with Crippen molar-refractivity contribution >= 4 is 16.9 Å². The van der Waals surface area contributed by atoms with E-state index in [0.717, 1.165) is 35.5 Å². The fraction of sp³-hybridized carbons (Fsp3) is 0.417. The van der Waals surface area contributed by atoms with Crippen LogP contribution in [0.3, 0.4) is 0 Å². The van der Waals surface area contributed by atoms with Crippen LogP contribution in [0.5, 0.6) is 0 Å². The molecule has 30 heavy (non-hydrogen) atoms. The second-order valence-electron chi connectivity index (χ2n) is 8.43. The molecule has 2 aliphatic rings. The third kappa shape index (κ3) is 3.98. The van der Waals surface area contributed by atoms with Gasteiger partial charge in [-0.15, -0.1) is 0 Å². The number of β-amino-alcohol motifs (C(OH)–C–C–N with tert-alkyl or cyclic N) is 1. The summed E-state index contributed by atoms with van der Waals surface area (Å²) >= 11 is 0. The number of aromatic nitrogens is 2. The normalized spacial score (nSPS) is 18.6. The average Bonchev–Trinajstić information content (AvgIpc) is 3.57. The van der Waals surface area contributed by atoms with Crippen molar-refractivity contribution in [2.45, 2.75) is 31.4 Å². The van der Waals surface area contributed by atoms with Gasteiger partial charge in [0, 0.05) is 38.6 Å². The Balaban J connectivity index is 1.21. The molecule has 156 valence electrons. The van der Waals surface area contributed by atoms with Crippen molar-refractivity contribution < 1.29 is 9.90 Å². The van der Waals surface area contributed by atoms with E-state index in [1.807, 2.05) is 53.4 Å². The quantitative estimate of drug-likeness (QED) is 0.686. The van der Waals surface area contributed by atoms with Gasteiger partial charge in [-0.1, -0.05) is 42.5 Å². The molecule has 2 aromatic carbocycles. The van der Waals surface area contributed by atoms with E-state index in [0.29, 0.717) is 32.1 Å². The van der Waals surface area contributed by atoms with Crippen molar-refractivity contribution in [1.29, 1.82) is 0 Å². The van der Waals surface area contributed by atoms with Crippen molar-refractivity contribution in [2.75, 3.05) is 32.7 Å². The zero-order chi connectivity index (χ0) is 20.5. The van der Waals surface area contributed by atoms with Crippen LogP contribution in [0.15, 0.2) is 54.6 Å². The lowest BCUT2D eigenvalue weighted by atomic mass is 10.1. The molecule has 0 spiro atoms. The fourth-order valence-corrected chi connectivity index (χ4v) is 4.35. The van der Waals surface area contributed by atoms with Gasteiger partial charge in [0.25, 0.3) is 0 Å². The second kappa shape index (κ2) is 8.20. The highest BCUT2D eigenvalue weighted by Gasteiger charge is 2.31. The van der Waals surface area contributed by atoms with Gasteiger partial charge in [-0.05, 0) is 30.5 Å². The topological polar surface area (TPSA) is 61.6 Å². The van der Waals surface area contributed by atoms with Crippen molar-refractivity contribution in [1.82, 2.24) is 19.4 Å². The largest absolute Gasteiger partial charge is 0.387 e. The minimum Gasteiger partial charge on any atom is -0.387 e. The molecular formula is C24H28N4O2. The number of nitrogens with zero attached hydrogens (tertiary/aromatic N) is 4. The molecule has 1 amide bonds. The Kier molecular flexibility index (Phi) is 5.27. The van der Waals surface area contributed by atoms with Crippen LogP contribution < -0.4 is 0 Å². The predicted octanol–water partition coefficient (Wildman–Crippen LogP) is 2.79. The van der Waals surface area contributed by atoms with Crippen molar-refractivity contribution in [2.24, 2.45) is 0 Å². The van der Waals surface area contributed by atoms with E-state index in [1.54, 1.807) is 0 Å². The minimum atomic E-state index is -0.494. The van der Waals surface area contributed by atoms with Crippen molar-refractivity contribution in [3.05, 3.63) is 66.0 Å². The molecule has 2 heterocycles. The van der Waals surface area contributed by atoms with Crippen LogP contribution in [0.4, 0.5) is 0 Å². The summed E-state index contributed by atoms with van der Waals surface area (Å²) in [7, 11) is 0. The Morgan fingerprint density at radius 2 is 1.70 bits per heavy atom. The first kappa shape index (κ1) is 19.3. The van der Waals surface area contributed by atoms with E-state index in [2.05, 4.69) is 15.5 Å². The molecule has 1 N–H and O–H groups in total. The molecule has 1 aliphatic heterocycles. The SMILES string of the molecule is O=C(Cn1c(C2CC2)nc2ccccc21)N1CCN(CC(O)c2ccccc2)CC1. The maximum absolute atomic E-state index is 13.1. The Hall–Kier alpha value is -2.70. The van der Waals surface area contributed by atoms with E-state index in [-0.39, 0.29) is 5.91 Å². The molecule has 1 aromatic heterocycles. The number of hydrogen-bond acceptors (Lipinski definition) is 4. The summed E-state index contributed by atoms with van der Waals surface area (Å²) in [5.41, 5.74) is 2.97. The number of rotatable bonds is 6. The minimum absolute atomic E-state index is 0.156. The Labute approximate surface area is 176 Å². The molecule has 1 saturated carbocycles. The van der Waals surface area contributed by atoms with Gasteiger partial charge in [0.2, 0.25) is 5.91 Å². The van der Waals surface area contributed by atoms with Crippen LogP contribution in [0, 0.1) is 0 Å². The first-order valence-corrected chi connectivity index (χ1v) is 10.9. The Bertz CT molecular complexity index is 1020. The molecule has 6 nitrogen and oxygen atoms in total. The summed E-state index contributed by atoms with van der Waals surface area (Å²) in [5.74, 6) is 1.72. The summed E-state index contributed by atoms with van der Waals surface area (Å²) in [6.45, 7) is 3.94. The maximum Gasteiger partial charge on any atom is 0.242 e. The Morgan fingerprint density at radius 1 is 1.00 bits per heavy atom.